The molecule has 0 aromatic heterocycles. The third-order valence-corrected chi connectivity index (χ3v) is 6.43. The van der Waals surface area contributed by atoms with Crippen LogP contribution in [0.25, 0.3) is 0 Å². The maximum Gasteiger partial charge on any atom is 0.325 e. The number of ether oxygens (including phenoxy) is 1. The predicted octanol–water partition coefficient (Wildman–Crippen LogP) is 6.40. The van der Waals surface area contributed by atoms with Crippen molar-refractivity contribution in [2.75, 3.05) is 18.2 Å². The van der Waals surface area contributed by atoms with E-state index < -0.39 is 11.4 Å². The van der Waals surface area contributed by atoms with Gasteiger partial charge in [-0.15, -0.1) is 0 Å². The first-order valence-electron chi connectivity index (χ1n) is 10.9. The van der Waals surface area contributed by atoms with E-state index in [1.807, 2.05) is 42.5 Å². The number of nitrogens with two attached hydrogens (primary N) is 1. The van der Waals surface area contributed by atoms with E-state index in [0.29, 0.717) is 44.7 Å². The highest BCUT2D eigenvalue weighted by Gasteiger charge is 2.45. The Morgan fingerprint density at radius 3 is 2.00 bits per heavy atom. The van der Waals surface area contributed by atoms with E-state index in [9.17, 15) is 9.90 Å². The first-order chi connectivity index (χ1) is 16.8. The lowest BCUT2D eigenvalue weighted by Gasteiger charge is -2.33. The first kappa shape index (κ1) is 24.5. The molecule has 0 aliphatic rings. The highest BCUT2D eigenvalue weighted by molar-refractivity contribution is 6.30. The quantitative estimate of drug-likeness (QED) is 0.153. The number of aromatic hydroxyl groups is 1. The number of methoxy groups -OCH3 is 1. The van der Waals surface area contributed by atoms with Gasteiger partial charge in [-0.3, -0.25) is 4.79 Å². The molecule has 0 heterocycles. The third-order valence-electron chi connectivity index (χ3n) is 5.93. The number of anilines is 2. The number of carbonyl (C=O) groups excluding carboxylic acids is 1. The molecule has 0 atom stereocenters. The van der Waals surface area contributed by atoms with Crippen LogP contribution < -0.4 is 11.1 Å². The number of rotatable bonds is 7. The molecular formula is C28H24Cl2N2O3. The second kappa shape index (κ2) is 10.3. The molecule has 4 N–H and O–H groups in total. The summed E-state index contributed by atoms with van der Waals surface area (Å²) >= 11 is 12.3. The van der Waals surface area contributed by atoms with Gasteiger partial charge in [0.2, 0.25) is 0 Å². The molecule has 0 bridgehead atoms. The maximum absolute atomic E-state index is 13.7. The van der Waals surface area contributed by atoms with Crippen molar-refractivity contribution in [2.45, 2.75) is 12.0 Å². The Kier molecular flexibility index (Phi) is 7.20. The van der Waals surface area contributed by atoms with Gasteiger partial charge in [-0.05, 0) is 70.8 Å². The molecule has 0 radical (unpaired) electrons. The van der Waals surface area contributed by atoms with Crippen LogP contribution in [0.2, 0.25) is 10.0 Å². The predicted molar refractivity (Wildman–Crippen MR) is 141 cm³/mol. The number of halogens is 2. The van der Waals surface area contributed by atoms with Gasteiger partial charge in [-0.2, -0.15) is 0 Å². The van der Waals surface area contributed by atoms with Crippen molar-refractivity contribution in [3.63, 3.8) is 0 Å². The Hall–Kier alpha value is -3.67. The van der Waals surface area contributed by atoms with E-state index in [-0.39, 0.29) is 5.75 Å². The Labute approximate surface area is 214 Å². The van der Waals surface area contributed by atoms with Crippen LogP contribution in [0.1, 0.15) is 22.3 Å². The lowest BCUT2D eigenvalue weighted by Crippen LogP contribution is -2.39. The average molecular weight is 507 g/mol. The topological polar surface area (TPSA) is 84.6 Å². The van der Waals surface area contributed by atoms with Crippen LogP contribution in [0.5, 0.6) is 5.75 Å². The Morgan fingerprint density at radius 1 is 0.886 bits per heavy atom. The van der Waals surface area contributed by atoms with Crippen molar-refractivity contribution >= 4 is 40.5 Å². The van der Waals surface area contributed by atoms with Gasteiger partial charge >= 0.3 is 5.97 Å². The number of nitrogens with one attached hydrogen (secondary N) is 1. The number of hydrogen-bond acceptors (Lipinski definition) is 5. The monoisotopic (exact) mass is 506 g/mol. The average Bonchev–Trinajstić information content (AvgIpc) is 2.86. The van der Waals surface area contributed by atoms with Gasteiger partial charge < -0.3 is 20.9 Å². The fraction of sp³-hybridized carbons (Fsp3) is 0.107. The van der Waals surface area contributed by atoms with Crippen molar-refractivity contribution in [3.05, 3.63) is 123 Å². The Morgan fingerprint density at radius 2 is 1.46 bits per heavy atom. The van der Waals surface area contributed by atoms with E-state index >= 15 is 0 Å². The summed E-state index contributed by atoms with van der Waals surface area (Å²) in [4.78, 5) is 13.7. The summed E-state index contributed by atoms with van der Waals surface area (Å²) in [6, 6.07) is 26.6. The number of benzene rings is 4. The Bertz CT molecular complexity index is 1290. The van der Waals surface area contributed by atoms with Crippen LogP contribution in [0.4, 0.5) is 11.4 Å². The highest BCUT2D eigenvalue weighted by atomic mass is 35.5. The van der Waals surface area contributed by atoms with Gasteiger partial charge in [0.25, 0.3) is 0 Å². The van der Waals surface area contributed by atoms with Gasteiger partial charge in [0.05, 0.1) is 18.5 Å². The molecule has 0 saturated heterocycles. The number of nitrogen functional groups attached to an aromatic ring is 1. The van der Waals surface area contributed by atoms with Crippen molar-refractivity contribution in [3.8, 4) is 5.75 Å². The van der Waals surface area contributed by atoms with E-state index in [0.717, 1.165) is 5.56 Å². The van der Waals surface area contributed by atoms with Gasteiger partial charge in [-0.25, -0.2) is 0 Å². The maximum atomic E-state index is 13.7. The standard InChI is InChI=1S/C28H24Cl2N2O3/c1-35-27(34)28(19-5-10-22(29)11-6-19,20-7-12-23(30)13-8-20)21-9-14-25(31)26(16-21)32-17-18-3-2-4-24(33)15-18/h2-16,32-33H,17,31H2,1H3. The minimum atomic E-state index is -1.31. The zero-order chi connectivity index (χ0) is 25.0. The summed E-state index contributed by atoms with van der Waals surface area (Å²) < 4.78 is 5.37. The second-order valence-corrected chi connectivity index (χ2v) is 8.95. The normalized spacial score (nSPS) is 11.2. The summed E-state index contributed by atoms with van der Waals surface area (Å²) in [6.45, 7) is 0.426. The van der Waals surface area contributed by atoms with E-state index in [2.05, 4.69) is 5.32 Å². The summed E-state index contributed by atoms with van der Waals surface area (Å²) in [6.07, 6.45) is 0. The molecule has 0 fully saturated rings. The smallest absolute Gasteiger partial charge is 0.325 e. The van der Waals surface area contributed by atoms with Crippen molar-refractivity contribution < 1.29 is 14.6 Å². The summed E-state index contributed by atoms with van der Waals surface area (Å²) in [7, 11) is 1.36. The molecule has 0 aliphatic heterocycles. The second-order valence-electron chi connectivity index (χ2n) is 8.08. The zero-order valence-electron chi connectivity index (χ0n) is 19.0. The Balaban J connectivity index is 1.88. The molecule has 0 unspecified atom stereocenters. The third kappa shape index (κ3) is 4.92. The van der Waals surface area contributed by atoms with Gasteiger partial charge in [0.1, 0.15) is 11.2 Å². The molecule has 4 aromatic carbocycles. The SMILES string of the molecule is COC(=O)C(c1ccc(Cl)cc1)(c1ccc(Cl)cc1)c1ccc(N)c(NCc2cccc(O)c2)c1. The molecule has 5 nitrogen and oxygen atoms in total. The molecule has 0 aliphatic carbocycles. The van der Waals surface area contributed by atoms with Gasteiger partial charge in [0, 0.05) is 16.6 Å². The lowest BCUT2D eigenvalue weighted by atomic mass is 9.69. The van der Waals surface area contributed by atoms with Crippen LogP contribution in [0.3, 0.4) is 0 Å². The minimum Gasteiger partial charge on any atom is -0.508 e. The largest absolute Gasteiger partial charge is 0.508 e. The van der Waals surface area contributed by atoms with Crippen LogP contribution in [0, 0.1) is 0 Å². The van der Waals surface area contributed by atoms with Crippen molar-refractivity contribution in [1.29, 1.82) is 0 Å². The molecule has 0 amide bonds. The van der Waals surface area contributed by atoms with Crippen LogP contribution in [-0.4, -0.2) is 18.2 Å². The van der Waals surface area contributed by atoms with Crippen molar-refractivity contribution in [2.24, 2.45) is 0 Å². The number of carbonyl (C=O) groups is 1. The minimum absolute atomic E-state index is 0.182. The number of esters is 1. The van der Waals surface area contributed by atoms with Gasteiger partial charge in [-0.1, -0.05) is 65.7 Å². The first-order valence-corrected chi connectivity index (χ1v) is 11.6. The summed E-state index contributed by atoms with van der Waals surface area (Å²) in [5.74, 6) is -0.285. The fourth-order valence-corrected chi connectivity index (χ4v) is 4.46. The highest BCUT2D eigenvalue weighted by Crippen LogP contribution is 2.43. The number of phenols is 1. The van der Waals surface area contributed by atoms with E-state index in [4.69, 9.17) is 33.7 Å². The van der Waals surface area contributed by atoms with Crippen LogP contribution >= 0.6 is 23.2 Å². The van der Waals surface area contributed by atoms with Crippen LogP contribution in [0.15, 0.2) is 91.0 Å². The molecule has 0 spiro atoms. The van der Waals surface area contributed by atoms with Crippen molar-refractivity contribution in [1.82, 2.24) is 0 Å². The van der Waals surface area contributed by atoms with Crippen LogP contribution in [-0.2, 0) is 21.5 Å². The van der Waals surface area contributed by atoms with E-state index in [1.165, 1.54) is 7.11 Å². The molecule has 0 saturated carbocycles. The molecule has 7 heteroatoms. The number of phenolic OH excluding ortho intramolecular Hbond substituents is 1. The molecule has 178 valence electrons. The molecular weight excluding hydrogens is 483 g/mol. The fourth-order valence-electron chi connectivity index (χ4n) is 4.21. The molecule has 35 heavy (non-hydrogen) atoms. The molecule has 4 rings (SSSR count). The van der Waals surface area contributed by atoms with Gasteiger partial charge in [0.15, 0.2) is 0 Å². The molecule has 4 aromatic rings. The summed E-state index contributed by atoms with van der Waals surface area (Å²) in [5.41, 5.74) is 9.03. The van der Waals surface area contributed by atoms with E-state index in [1.54, 1.807) is 48.5 Å². The number of hydrogen-bond donors (Lipinski definition) is 3. The lowest BCUT2D eigenvalue weighted by molar-refractivity contribution is -0.144. The zero-order valence-corrected chi connectivity index (χ0v) is 20.5. The summed E-state index contributed by atoms with van der Waals surface area (Å²) in [5, 5.41) is 14.2.